The van der Waals surface area contributed by atoms with Crippen molar-refractivity contribution in [3.05, 3.63) is 59.7 Å². The minimum absolute atomic E-state index is 0.0136. The van der Waals surface area contributed by atoms with E-state index in [0.29, 0.717) is 30.1 Å². The third kappa shape index (κ3) is 7.19. The number of hydrogen-bond acceptors (Lipinski definition) is 5. The number of amides is 3. The molecule has 0 unspecified atom stereocenters. The van der Waals surface area contributed by atoms with Crippen molar-refractivity contribution in [3.63, 3.8) is 0 Å². The number of hydrogen-bond donors (Lipinski definition) is 3. The first-order chi connectivity index (χ1) is 16.7. The van der Waals surface area contributed by atoms with Gasteiger partial charge in [-0.3, -0.25) is 9.69 Å². The van der Waals surface area contributed by atoms with Crippen molar-refractivity contribution in [3.8, 4) is 5.75 Å². The van der Waals surface area contributed by atoms with E-state index in [2.05, 4.69) is 41.6 Å². The van der Waals surface area contributed by atoms with Gasteiger partial charge in [-0.05, 0) is 51.6 Å². The summed E-state index contributed by atoms with van der Waals surface area (Å²) >= 11 is 0. The molecule has 1 aliphatic rings. The van der Waals surface area contributed by atoms with Gasteiger partial charge in [0.25, 0.3) is 5.91 Å². The molecule has 0 saturated heterocycles. The van der Waals surface area contributed by atoms with E-state index in [-0.39, 0.29) is 42.7 Å². The number of fused-ring (bicyclic) bond motifs is 1. The molecule has 35 heavy (non-hydrogen) atoms. The quantitative estimate of drug-likeness (QED) is 0.535. The molecule has 0 aromatic heterocycles. The lowest BCUT2D eigenvalue weighted by atomic mass is 9.99. The number of nitrogens with zero attached hydrogens (tertiary/aromatic N) is 2. The van der Waals surface area contributed by atoms with Crippen LogP contribution in [0.15, 0.2) is 48.5 Å². The van der Waals surface area contributed by atoms with E-state index >= 15 is 0 Å². The third-order valence-corrected chi connectivity index (χ3v) is 6.13. The van der Waals surface area contributed by atoms with E-state index < -0.39 is 0 Å². The Bertz CT molecular complexity index is 998. The summed E-state index contributed by atoms with van der Waals surface area (Å²) in [5.74, 6) is 0.288. The number of anilines is 1. The summed E-state index contributed by atoms with van der Waals surface area (Å²) in [7, 11) is 2.06. The molecule has 2 aromatic rings. The van der Waals surface area contributed by atoms with Crippen molar-refractivity contribution in [2.24, 2.45) is 5.92 Å². The van der Waals surface area contributed by atoms with Crippen molar-refractivity contribution in [1.82, 2.24) is 15.1 Å². The Morgan fingerprint density at radius 2 is 1.91 bits per heavy atom. The van der Waals surface area contributed by atoms with Crippen LogP contribution >= 0.6 is 0 Å². The molecule has 0 saturated carbocycles. The van der Waals surface area contributed by atoms with Crippen LogP contribution < -0.4 is 15.4 Å². The molecule has 8 nitrogen and oxygen atoms in total. The topological polar surface area (TPSA) is 94.1 Å². The number of carbonyl (C=O) groups excluding carboxylic acids is 2. The molecular formula is C27H38N4O4. The van der Waals surface area contributed by atoms with Gasteiger partial charge in [-0.15, -0.1) is 0 Å². The summed E-state index contributed by atoms with van der Waals surface area (Å²) in [4.78, 5) is 29.6. The normalized spacial score (nSPS) is 19.0. The summed E-state index contributed by atoms with van der Waals surface area (Å²) in [6.45, 7) is 9.43. The van der Waals surface area contributed by atoms with Gasteiger partial charge in [0.05, 0.1) is 18.2 Å². The largest absolute Gasteiger partial charge is 0.488 e. The highest BCUT2D eigenvalue weighted by Crippen LogP contribution is 2.30. The first-order valence-corrected chi connectivity index (χ1v) is 12.2. The molecule has 0 bridgehead atoms. The fourth-order valence-corrected chi connectivity index (χ4v) is 4.21. The molecule has 0 radical (unpaired) electrons. The fourth-order valence-electron chi connectivity index (χ4n) is 4.21. The molecule has 2 aromatic carbocycles. The van der Waals surface area contributed by atoms with Gasteiger partial charge in [-0.25, -0.2) is 4.79 Å². The zero-order valence-corrected chi connectivity index (χ0v) is 21.3. The third-order valence-electron chi connectivity index (χ3n) is 6.13. The molecule has 1 aliphatic heterocycles. The molecule has 0 spiro atoms. The summed E-state index contributed by atoms with van der Waals surface area (Å²) in [6.07, 6.45) is -0.174. The van der Waals surface area contributed by atoms with Gasteiger partial charge < -0.3 is 25.4 Å². The molecule has 0 fully saturated rings. The fraction of sp³-hybridized carbons (Fsp3) is 0.481. The number of likely N-dealkylation sites (N-methyl/N-ethyl adjacent to an activating group) is 1. The highest BCUT2D eigenvalue weighted by atomic mass is 16.5. The Balaban J connectivity index is 1.87. The standard InChI is InChI=1S/C27H38N4O4/c1-18(2)28-27(34)29-22-11-12-24-23(13-22)26(33)31(20(4)17-32)14-19(3)25(35-24)16-30(5)15-21-9-7-6-8-10-21/h6-13,18-20,25,32H,14-17H2,1-5H3,(H2,28,29,34)/t19-,20-,25-/m1/s1. The summed E-state index contributed by atoms with van der Waals surface area (Å²) in [6, 6.07) is 14.7. The van der Waals surface area contributed by atoms with E-state index in [9.17, 15) is 14.7 Å². The zero-order chi connectivity index (χ0) is 25.5. The lowest BCUT2D eigenvalue weighted by Crippen LogP contribution is -2.49. The molecule has 3 N–H and O–H groups in total. The Morgan fingerprint density at radius 1 is 1.20 bits per heavy atom. The van der Waals surface area contributed by atoms with Gasteiger partial charge in [0.15, 0.2) is 0 Å². The monoisotopic (exact) mass is 482 g/mol. The molecule has 1 heterocycles. The van der Waals surface area contributed by atoms with E-state index in [0.717, 1.165) is 6.54 Å². The maximum Gasteiger partial charge on any atom is 0.319 e. The molecule has 3 atom stereocenters. The van der Waals surface area contributed by atoms with Crippen LogP contribution in [-0.4, -0.2) is 71.8 Å². The Morgan fingerprint density at radius 3 is 2.57 bits per heavy atom. The second kappa shape index (κ2) is 12.0. The SMILES string of the molecule is CC(C)NC(=O)Nc1ccc2c(c1)C(=O)N([C@H](C)CO)C[C@@H](C)[C@@H](CN(C)Cc1ccccc1)O2. The number of benzene rings is 2. The van der Waals surface area contributed by atoms with Crippen LogP contribution in [-0.2, 0) is 6.54 Å². The molecular weight excluding hydrogens is 444 g/mol. The zero-order valence-electron chi connectivity index (χ0n) is 21.3. The number of aliphatic hydroxyl groups is 1. The van der Waals surface area contributed by atoms with Crippen molar-refractivity contribution in [2.75, 3.05) is 32.1 Å². The summed E-state index contributed by atoms with van der Waals surface area (Å²) in [5.41, 5.74) is 2.09. The van der Waals surface area contributed by atoms with Crippen LogP contribution in [0.5, 0.6) is 5.75 Å². The number of nitrogens with one attached hydrogen (secondary N) is 2. The van der Waals surface area contributed by atoms with Crippen LogP contribution in [0.3, 0.4) is 0 Å². The Kier molecular flexibility index (Phi) is 9.12. The average Bonchev–Trinajstić information content (AvgIpc) is 2.81. The van der Waals surface area contributed by atoms with Gasteiger partial charge in [-0.1, -0.05) is 37.3 Å². The lowest BCUT2D eigenvalue weighted by molar-refractivity contribution is 0.0341. The number of urea groups is 1. The van der Waals surface area contributed by atoms with Crippen LogP contribution in [0, 0.1) is 5.92 Å². The van der Waals surface area contributed by atoms with E-state index in [1.165, 1.54) is 5.56 Å². The highest BCUT2D eigenvalue weighted by molar-refractivity contribution is 5.99. The van der Waals surface area contributed by atoms with Crippen LogP contribution in [0.4, 0.5) is 10.5 Å². The number of ether oxygens (including phenoxy) is 1. The van der Waals surface area contributed by atoms with Crippen LogP contribution in [0.25, 0.3) is 0 Å². The van der Waals surface area contributed by atoms with E-state index in [1.807, 2.05) is 39.0 Å². The van der Waals surface area contributed by atoms with E-state index in [4.69, 9.17) is 4.74 Å². The summed E-state index contributed by atoms with van der Waals surface area (Å²) in [5, 5.41) is 15.4. The van der Waals surface area contributed by atoms with Gasteiger partial charge in [0, 0.05) is 37.3 Å². The van der Waals surface area contributed by atoms with Crippen LogP contribution in [0.1, 0.15) is 43.6 Å². The average molecular weight is 483 g/mol. The molecule has 190 valence electrons. The minimum Gasteiger partial charge on any atom is -0.488 e. The predicted octanol–water partition coefficient (Wildman–Crippen LogP) is 3.57. The van der Waals surface area contributed by atoms with Crippen molar-refractivity contribution in [2.45, 2.75) is 52.4 Å². The molecule has 3 rings (SSSR count). The molecule has 3 amide bonds. The van der Waals surface area contributed by atoms with Crippen molar-refractivity contribution in [1.29, 1.82) is 0 Å². The molecule has 8 heteroatoms. The Hall–Kier alpha value is -3.10. The van der Waals surface area contributed by atoms with Crippen molar-refractivity contribution < 1.29 is 19.4 Å². The maximum atomic E-state index is 13.5. The van der Waals surface area contributed by atoms with Crippen LogP contribution in [0.2, 0.25) is 0 Å². The summed E-state index contributed by atoms with van der Waals surface area (Å²) < 4.78 is 6.43. The smallest absolute Gasteiger partial charge is 0.319 e. The second-order valence-corrected chi connectivity index (χ2v) is 9.77. The predicted molar refractivity (Wildman–Crippen MR) is 138 cm³/mol. The second-order valence-electron chi connectivity index (χ2n) is 9.77. The number of rotatable bonds is 8. The lowest BCUT2D eigenvalue weighted by Gasteiger charge is -2.38. The van der Waals surface area contributed by atoms with E-state index in [1.54, 1.807) is 23.1 Å². The maximum absolute atomic E-state index is 13.5. The molecule has 0 aliphatic carbocycles. The van der Waals surface area contributed by atoms with Gasteiger partial charge >= 0.3 is 6.03 Å². The first-order valence-electron chi connectivity index (χ1n) is 12.2. The van der Waals surface area contributed by atoms with Gasteiger partial charge in [0.2, 0.25) is 0 Å². The number of carbonyl (C=O) groups is 2. The van der Waals surface area contributed by atoms with Gasteiger partial charge in [0.1, 0.15) is 11.9 Å². The Labute approximate surface area is 208 Å². The number of aliphatic hydroxyl groups excluding tert-OH is 1. The first kappa shape index (κ1) is 26.5. The minimum atomic E-state index is -0.348. The van der Waals surface area contributed by atoms with Crippen molar-refractivity contribution >= 4 is 17.6 Å². The van der Waals surface area contributed by atoms with Gasteiger partial charge in [-0.2, -0.15) is 0 Å². The highest BCUT2D eigenvalue weighted by Gasteiger charge is 2.33.